The van der Waals surface area contributed by atoms with Crippen LogP contribution in [0, 0.1) is 11.8 Å². The third-order valence-corrected chi connectivity index (χ3v) is 6.57. The Morgan fingerprint density at radius 3 is 2.85 bits per heavy atom. The number of amides is 1. The van der Waals surface area contributed by atoms with Crippen molar-refractivity contribution in [3.05, 3.63) is 29.8 Å². The maximum Gasteiger partial charge on any atom is 0.416 e. The van der Waals surface area contributed by atoms with Gasteiger partial charge in [-0.1, -0.05) is 12.5 Å². The third-order valence-electron chi connectivity index (χ3n) is 6.57. The fourth-order valence-electron chi connectivity index (χ4n) is 5.28. The van der Waals surface area contributed by atoms with Crippen LogP contribution in [0.3, 0.4) is 0 Å². The number of nitrogens with zero attached hydrogens (tertiary/aromatic N) is 1. The second-order valence-electron chi connectivity index (χ2n) is 8.08. The van der Waals surface area contributed by atoms with E-state index in [1.54, 1.807) is 0 Å². The van der Waals surface area contributed by atoms with Gasteiger partial charge in [-0.2, -0.15) is 13.2 Å². The molecule has 1 amide bonds. The Morgan fingerprint density at radius 2 is 2.07 bits per heavy atom. The number of ether oxygens (including phenoxy) is 1. The number of piperidine rings is 2. The number of halogens is 3. The molecule has 1 aromatic carbocycles. The van der Waals surface area contributed by atoms with E-state index in [4.69, 9.17) is 4.74 Å². The van der Waals surface area contributed by atoms with E-state index in [0.29, 0.717) is 23.9 Å². The molecule has 1 aliphatic carbocycles. The molecule has 2 bridgehead atoms. The number of anilines is 1. The Bertz CT molecular complexity index is 709. The zero-order valence-electron chi connectivity index (χ0n) is 15.3. The van der Waals surface area contributed by atoms with Crippen LogP contribution < -0.4 is 5.32 Å². The van der Waals surface area contributed by atoms with Crippen LogP contribution in [-0.2, 0) is 10.9 Å². The largest absolute Gasteiger partial charge is 0.446 e. The lowest BCUT2D eigenvalue weighted by Crippen LogP contribution is -2.54. The number of hydrogen-bond acceptors (Lipinski definition) is 3. The molecule has 0 spiro atoms. The smallest absolute Gasteiger partial charge is 0.416 e. The van der Waals surface area contributed by atoms with E-state index in [0.717, 1.165) is 37.9 Å². The quantitative estimate of drug-likeness (QED) is 0.791. The zero-order chi connectivity index (χ0) is 19.2. The second kappa shape index (κ2) is 7.00. The molecule has 27 heavy (non-hydrogen) atoms. The number of carbonyl (C=O) groups excluding carboxylic acids is 1. The molecule has 1 N–H and O–H groups in total. The Morgan fingerprint density at radius 1 is 1.26 bits per heavy atom. The average molecular weight is 382 g/mol. The molecule has 4 nitrogen and oxygen atoms in total. The van der Waals surface area contributed by atoms with Crippen LogP contribution in [0.2, 0.25) is 0 Å². The van der Waals surface area contributed by atoms with Gasteiger partial charge in [-0.3, -0.25) is 10.2 Å². The van der Waals surface area contributed by atoms with Crippen LogP contribution in [-0.4, -0.2) is 35.7 Å². The van der Waals surface area contributed by atoms with Crippen LogP contribution in [0.5, 0.6) is 0 Å². The third kappa shape index (κ3) is 3.66. The van der Waals surface area contributed by atoms with Crippen molar-refractivity contribution < 1.29 is 22.7 Å². The van der Waals surface area contributed by atoms with Gasteiger partial charge in [-0.25, -0.2) is 4.79 Å². The van der Waals surface area contributed by atoms with Crippen molar-refractivity contribution in [2.45, 2.75) is 63.4 Å². The van der Waals surface area contributed by atoms with Gasteiger partial charge in [0.15, 0.2) is 0 Å². The lowest BCUT2D eigenvalue weighted by molar-refractivity contribution is -0.137. The van der Waals surface area contributed by atoms with E-state index in [1.165, 1.54) is 25.0 Å². The summed E-state index contributed by atoms with van der Waals surface area (Å²) in [6, 6.07) is 5.59. The molecular formula is C20H25F3N2O2. The summed E-state index contributed by atoms with van der Waals surface area (Å²) in [4.78, 5) is 14.9. The molecule has 3 aliphatic rings. The maximum absolute atomic E-state index is 12.8. The lowest BCUT2D eigenvalue weighted by atomic mass is 9.81. The predicted molar refractivity (Wildman–Crippen MR) is 95.4 cm³/mol. The summed E-state index contributed by atoms with van der Waals surface area (Å²) in [5.74, 6) is 0.856. The van der Waals surface area contributed by atoms with E-state index in [2.05, 4.69) is 17.1 Å². The monoisotopic (exact) mass is 382 g/mol. The van der Waals surface area contributed by atoms with E-state index in [9.17, 15) is 18.0 Å². The molecule has 1 saturated carbocycles. The molecule has 1 aromatic rings. The van der Waals surface area contributed by atoms with Crippen LogP contribution in [0.1, 0.15) is 44.6 Å². The minimum atomic E-state index is -4.44. The van der Waals surface area contributed by atoms with Crippen molar-refractivity contribution in [3.63, 3.8) is 0 Å². The first-order chi connectivity index (χ1) is 12.8. The summed E-state index contributed by atoms with van der Waals surface area (Å²) in [6.45, 7) is 3.38. The van der Waals surface area contributed by atoms with Crippen LogP contribution in [0.4, 0.5) is 23.7 Å². The molecule has 2 heterocycles. The predicted octanol–water partition coefficient (Wildman–Crippen LogP) is 4.91. The number of carbonyl (C=O) groups is 1. The first-order valence-electron chi connectivity index (χ1n) is 9.73. The number of benzene rings is 1. The molecule has 7 heteroatoms. The van der Waals surface area contributed by atoms with Gasteiger partial charge in [0.1, 0.15) is 6.10 Å². The number of nitrogens with one attached hydrogen (secondary N) is 1. The molecule has 2 saturated heterocycles. The van der Waals surface area contributed by atoms with Crippen molar-refractivity contribution in [2.75, 3.05) is 11.9 Å². The minimum Gasteiger partial charge on any atom is -0.446 e. The fraction of sp³-hybridized carbons (Fsp3) is 0.650. The highest BCUT2D eigenvalue weighted by atomic mass is 19.4. The van der Waals surface area contributed by atoms with Gasteiger partial charge in [0.05, 0.1) is 5.56 Å². The standard InChI is InChI=1S/C20H25F3N2O2/c1-12-13-9-16(17-7-2-3-8-25(12)17)18(10-13)27-19(26)24-15-6-4-5-14(11-15)20(21,22)23/h4-6,11-13,16-18H,2-3,7-10H2,1H3,(H,24,26)/t12-,13+,16+,17+,18+/m0/s1. The topological polar surface area (TPSA) is 41.6 Å². The van der Waals surface area contributed by atoms with Gasteiger partial charge in [0.25, 0.3) is 0 Å². The first kappa shape index (κ1) is 18.6. The van der Waals surface area contributed by atoms with Gasteiger partial charge >= 0.3 is 12.3 Å². The van der Waals surface area contributed by atoms with Crippen molar-refractivity contribution >= 4 is 11.8 Å². The number of fused-ring (bicyclic) bond motifs is 4. The molecule has 148 valence electrons. The van der Waals surface area contributed by atoms with Crippen molar-refractivity contribution in [3.8, 4) is 0 Å². The fourth-order valence-corrected chi connectivity index (χ4v) is 5.28. The van der Waals surface area contributed by atoms with Crippen LogP contribution >= 0.6 is 0 Å². The van der Waals surface area contributed by atoms with E-state index in [1.807, 2.05) is 0 Å². The summed E-state index contributed by atoms with van der Waals surface area (Å²) in [5, 5.41) is 2.47. The molecule has 0 aromatic heterocycles. The van der Waals surface area contributed by atoms with Gasteiger partial charge in [0, 0.05) is 23.7 Å². The van der Waals surface area contributed by atoms with E-state index in [-0.39, 0.29) is 11.8 Å². The van der Waals surface area contributed by atoms with Crippen LogP contribution in [0.15, 0.2) is 24.3 Å². The molecule has 3 fully saturated rings. The van der Waals surface area contributed by atoms with Gasteiger partial charge in [-0.15, -0.1) is 0 Å². The zero-order valence-corrected chi connectivity index (χ0v) is 15.3. The number of rotatable bonds is 2. The average Bonchev–Trinajstić information content (AvgIpc) is 2.99. The van der Waals surface area contributed by atoms with Gasteiger partial charge in [-0.05, 0) is 63.3 Å². The van der Waals surface area contributed by atoms with Gasteiger partial charge < -0.3 is 4.74 Å². The SMILES string of the molecule is C[C@H]1[C@@H]2C[C@H]([C@H]3CCCCN31)[C@H](OC(=O)Nc1cccc(C(F)(F)F)c1)C2. The maximum atomic E-state index is 12.8. The minimum absolute atomic E-state index is 0.100. The summed E-state index contributed by atoms with van der Waals surface area (Å²) in [6.07, 6.45) is 0.221. The van der Waals surface area contributed by atoms with Gasteiger partial charge in [0.2, 0.25) is 0 Å². The van der Waals surface area contributed by atoms with Crippen molar-refractivity contribution in [1.29, 1.82) is 0 Å². The van der Waals surface area contributed by atoms with Crippen molar-refractivity contribution in [2.24, 2.45) is 11.8 Å². The normalized spacial score (nSPS) is 33.4. The highest BCUT2D eigenvalue weighted by molar-refractivity contribution is 5.84. The summed E-state index contributed by atoms with van der Waals surface area (Å²) in [5.41, 5.74) is -0.688. The Labute approximate surface area is 157 Å². The molecule has 0 radical (unpaired) electrons. The highest BCUT2D eigenvalue weighted by Gasteiger charge is 2.51. The molecular weight excluding hydrogens is 357 g/mol. The Hall–Kier alpha value is -1.76. The molecule has 4 rings (SSSR count). The highest BCUT2D eigenvalue weighted by Crippen LogP contribution is 2.48. The number of alkyl halides is 3. The van der Waals surface area contributed by atoms with Crippen molar-refractivity contribution in [1.82, 2.24) is 4.90 Å². The second-order valence-corrected chi connectivity index (χ2v) is 8.08. The molecule has 5 atom stereocenters. The lowest BCUT2D eigenvalue weighted by Gasteiger charge is -2.47. The summed E-state index contributed by atoms with van der Waals surface area (Å²) >= 11 is 0. The van der Waals surface area contributed by atoms with E-state index >= 15 is 0 Å². The summed E-state index contributed by atoms with van der Waals surface area (Å²) in [7, 11) is 0. The molecule has 0 unspecified atom stereocenters. The summed E-state index contributed by atoms with van der Waals surface area (Å²) < 4.78 is 44.2. The molecule has 2 aliphatic heterocycles. The Balaban J connectivity index is 1.42. The van der Waals surface area contributed by atoms with Crippen LogP contribution in [0.25, 0.3) is 0 Å². The Kier molecular flexibility index (Phi) is 4.82. The number of hydrogen-bond donors (Lipinski definition) is 1. The van der Waals surface area contributed by atoms with E-state index < -0.39 is 17.8 Å². The first-order valence-corrected chi connectivity index (χ1v) is 9.73.